The van der Waals surface area contributed by atoms with Crippen molar-refractivity contribution in [2.45, 2.75) is 42.7 Å². The summed E-state index contributed by atoms with van der Waals surface area (Å²) in [5, 5.41) is 7.98. The summed E-state index contributed by atoms with van der Waals surface area (Å²) in [6.45, 7) is 1.57. The Labute approximate surface area is 194 Å². The number of fused-ring (bicyclic) bond motifs is 1. The van der Waals surface area contributed by atoms with Crippen LogP contribution in [0.1, 0.15) is 25.7 Å². The number of benzene rings is 1. The molecule has 2 aromatic heterocycles. The maximum Gasteiger partial charge on any atom is 0.274 e. The topological polar surface area (TPSA) is 105 Å². The number of H-pyrrole nitrogens is 1. The van der Waals surface area contributed by atoms with Gasteiger partial charge in [-0.15, -0.1) is 0 Å². The Morgan fingerprint density at radius 1 is 1.12 bits per heavy atom. The molecule has 33 heavy (non-hydrogen) atoms. The van der Waals surface area contributed by atoms with Gasteiger partial charge in [0.15, 0.2) is 9.84 Å². The first-order valence-corrected chi connectivity index (χ1v) is 13.2. The van der Waals surface area contributed by atoms with Crippen LogP contribution in [0, 0.1) is 0 Å². The monoisotopic (exact) mass is 472 g/mol. The molecule has 1 fully saturated rings. The number of methoxy groups -OCH3 is 1. The number of hydrogen-bond acceptors (Lipinski definition) is 6. The molecule has 1 saturated carbocycles. The Morgan fingerprint density at radius 3 is 2.55 bits per heavy atom. The van der Waals surface area contributed by atoms with Gasteiger partial charge >= 0.3 is 0 Å². The molecule has 0 atom stereocenters. The molecular formula is C24H32N4O4S. The Balaban J connectivity index is 1.66. The van der Waals surface area contributed by atoms with E-state index in [1.807, 2.05) is 12.1 Å². The SMILES string of the molecule is COCCN[C@H]1CC[C@H](Nc2ccc(S(C)(=O)=O)cc2-c2cn(C)c(=O)c3[nH]ccc23)CC1. The second kappa shape index (κ2) is 9.70. The number of nitrogens with zero attached hydrogens (tertiary/aromatic N) is 1. The van der Waals surface area contributed by atoms with Gasteiger partial charge in [-0.1, -0.05) is 0 Å². The van der Waals surface area contributed by atoms with Crippen LogP contribution in [0.3, 0.4) is 0 Å². The Bertz CT molecular complexity index is 1290. The molecule has 0 radical (unpaired) electrons. The molecule has 2 heterocycles. The zero-order chi connectivity index (χ0) is 23.6. The summed E-state index contributed by atoms with van der Waals surface area (Å²) in [4.78, 5) is 15.8. The molecule has 0 spiro atoms. The lowest BCUT2D eigenvalue weighted by Gasteiger charge is -2.31. The number of aromatic nitrogens is 2. The summed E-state index contributed by atoms with van der Waals surface area (Å²) in [5.41, 5.74) is 2.86. The number of rotatable bonds is 8. The highest BCUT2D eigenvalue weighted by molar-refractivity contribution is 7.90. The standard InChI is InChI=1S/C24H32N4O4S/c1-28-15-21(19-10-11-26-23(19)24(28)29)20-14-18(33(3,30)31)8-9-22(20)27-17-6-4-16(5-7-17)25-12-13-32-2/h8-11,14-17,25-27H,4-7,12-13H2,1-3H3/t16-,17-. The fourth-order valence-electron chi connectivity index (χ4n) is 4.61. The van der Waals surface area contributed by atoms with Crippen molar-refractivity contribution in [2.75, 3.05) is 31.8 Å². The largest absolute Gasteiger partial charge is 0.383 e. The zero-order valence-corrected chi connectivity index (χ0v) is 20.2. The summed E-state index contributed by atoms with van der Waals surface area (Å²) in [5.74, 6) is 0. The molecule has 3 N–H and O–H groups in total. The third-order valence-corrected chi connectivity index (χ3v) is 7.54. The first-order valence-electron chi connectivity index (χ1n) is 11.3. The van der Waals surface area contributed by atoms with E-state index < -0.39 is 9.84 Å². The van der Waals surface area contributed by atoms with E-state index in [1.54, 1.807) is 38.7 Å². The van der Waals surface area contributed by atoms with Crippen LogP contribution >= 0.6 is 0 Å². The summed E-state index contributed by atoms with van der Waals surface area (Å²) in [6.07, 6.45) is 8.90. The van der Waals surface area contributed by atoms with Crippen molar-refractivity contribution in [1.82, 2.24) is 14.9 Å². The molecule has 1 aliphatic rings. The van der Waals surface area contributed by atoms with E-state index in [9.17, 15) is 13.2 Å². The normalized spacial score (nSPS) is 19.1. The molecule has 8 nitrogen and oxygen atoms in total. The molecule has 0 bridgehead atoms. The van der Waals surface area contributed by atoms with Gasteiger partial charge in [-0.3, -0.25) is 4.79 Å². The van der Waals surface area contributed by atoms with E-state index in [0.717, 1.165) is 54.4 Å². The third-order valence-electron chi connectivity index (χ3n) is 6.43. The second-order valence-electron chi connectivity index (χ2n) is 8.84. The van der Waals surface area contributed by atoms with Crippen LogP contribution < -0.4 is 16.2 Å². The van der Waals surface area contributed by atoms with Crippen molar-refractivity contribution in [3.05, 3.63) is 47.0 Å². The van der Waals surface area contributed by atoms with Gasteiger partial charge in [-0.2, -0.15) is 0 Å². The Morgan fingerprint density at radius 2 is 1.85 bits per heavy atom. The number of aromatic amines is 1. The maximum absolute atomic E-state index is 12.5. The number of ether oxygens (including phenoxy) is 1. The summed E-state index contributed by atoms with van der Waals surface area (Å²) in [6, 6.07) is 7.85. The lowest BCUT2D eigenvalue weighted by Crippen LogP contribution is -2.38. The minimum atomic E-state index is -3.38. The number of hydrogen-bond donors (Lipinski definition) is 3. The lowest BCUT2D eigenvalue weighted by molar-refractivity contribution is 0.191. The van der Waals surface area contributed by atoms with Crippen LogP contribution in [0.4, 0.5) is 5.69 Å². The van der Waals surface area contributed by atoms with Gasteiger partial charge < -0.3 is 24.9 Å². The van der Waals surface area contributed by atoms with E-state index >= 15 is 0 Å². The quantitative estimate of drug-likeness (QED) is 0.436. The van der Waals surface area contributed by atoms with Crippen LogP contribution in [-0.2, 0) is 21.6 Å². The molecule has 178 valence electrons. The van der Waals surface area contributed by atoms with Gasteiger partial charge in [-0.25, -0.2) is 8.42 Å². The molecule has 0 saturated heterocycles. The third kappa shape index (κ3) is 5.15. The van der Waals surface area contributed by atoms with E-state index in [2.05, 4.69) is 15.6 Å². The fraction of sp³-hybridized carbons (Fsp3) is 0.458. The lowest BCUT2D eigenvalue weighted by atomic mass is 9.90. The molecule has 0 unspecified atom stereocenters. The molecule has 9 heteroatoms. The average molecular weight is 473 g/mol. The maximum atomic E-state index is 12.5. The molecule has 0 amide bonds. The number of aryl methyl sites for hydroxylation is 1. The van der Waals surface area contributed by atoms with Crippen LogP contribution in [0.15, 0.2) is 46.3 Å². The fourth-order valence-corrected chi connectivity index (χ4v) is 5.26. The summed E-state index contributed by atoms with van der Waals surface area (Å²) >= 11 is 0. The highest BCUT2D eigenvalue weighted by Crippen LogP contribution is 2.36. The molecule has 1 aliphatic carbocycles. The predicted octanol–water partition coefficient (Wildman–Crippen LogP) is 2.90. The van der Waals surface area contributed by atoms with Crippen molar-refractivity contribution >= 4 is 26.4 Å². The Kier molecular flexibility index (Phi) is 6.92. The smallest absolute Gasteiger partial charge is 0.274 e. The predicted molar refractivity (Wildman–Crippen MR) is 132 cm³/mol. The van der Waals surface area contributed by atoms with Crippen molar-refractivity contribution < 1.29 is 13.2 Å². The first-order chi connectivity index (χ1) is 15.8. The Hall–Kier alpha value is -2.62. The second-order valence-corrected chi connectivity index (χ2v) is 10.9. The highest BCUT2D eigenvalue weighted by Gasteiger charge is 2.23. The zero-order valence-electron chi connectivity index (χ0n) is 19.3. The molecule has 3 aromatic rings. The van der Waals surface area contributed by atoms with Crippen LogP contribution in [0.2, 0.25) is 0 Å². The number of nitrogens with one attached hydrogen (secondary N) is 3. The molecule has 4 rings (SSSR count). The van der Waals surface area contributed by atoms with Gasteiger partial charge in [0.1, 0.15) is 5.52 Å². The summed E-state index contributed by atoms with van der Waals surface area (Å²) < 4.78 is 31.2. The van der Waals surface area contributed by atoms with Crippen molar-refractivity contribution in [3.8, 4) is 11.1 Å². The van der Waals surface area contributed by atoms with Crippen molar-refractivity contribution in [2.24, 2.45) is 7.05 Å². The van der Waals surface area contributed by atoms with Gasteiger partial charge in [0.2, 0.25) is 0 Å². The first kappa shape index (κ1) is 23.5. The molecule has 1 aromatic carbocycles. The minimum Gasteiger partial charge on any atom is -0.383 e. The van der Waals surface area contributed by atoms with Crippen LogP contribution in [-0.4, -0.2) is 56.6 Å². The average Bonchev–Trinajstić information content (AvgIpc) is 3.28. The summed E-state index contributed by atoms with van der Waals surface area (Å²) in [7, 11) is 0.0328. The van der Waals surface area contributed by atoms with Gasteiger partial charge in [0.25, 0.3) is 5.56 Å². The van der Waals surface area contributed by atoms with Crippen molar-refractivity contribution in [1.29, 1.82) is 0 Å². The molecular weight excluding hydrogens is 440 g/mol. The van der Waals surface area contributed by atoms with E-state index in [4.69, 9.17) is 4.74 Å². The van der Waals surface area contributed by atoms with Gasteiger partial charge in [-0.05, 0) is 49.9 Å². The van der Waals surface area contributed by atoms with Gasteiger partial charge in [0, 0.05) is 73.6 Å². The number of sulfone groups is 1. The minimum absolute atomic E-state index is 0.119. The number of anilines is 1. The molecule has 0 aliphatic heterocycles. The van der Waals surface area contributed by atoms with Crippen LogP contribution in [0.5, 0.6) is 0 Å². The van der Waals surface area contributed by atoms with Crippen molar-refractivity contribution in [3.63, 3.8) is 0 Å². The highest BCUT2D eigenvalue weighted by atomic mass is 32.2. The van der Waals surface area contributed by atoms with Gasteiger partial charge in [0.05, 0.1) is 11.5 Å². The van der Waals surface area contributed by atoms with E-state index in [-0.39, 0.29) is 10.5 Å². The number of pyridine rings is 1. The van der Waals surface area contributed by atoms with Crippen LogP contribution in [0.25, 0.3) is 22.0 Å². The van der Waals surface area contributed by atoms with E-state index in [0.29, 0.717) is 24.2 Å². The van der Waals surface area contributed by atoms with E-state index in [1.165, 1.54) is 10.8 Å².